The van der Waals surface area contributed by atoms with E-state index in [4.69, 9.17) is 11.6 Å². The Morgan fingerprint density at radius 1 is 1.36 bits per heavy atom. The van der Waals surface area contributed by atoms with Gasteiger partial charge in [-0.15, -0.1) is 0 Å². The largest absolute Gasteiger partial charge is 0.313 e. The van der Waals surface area contributed by atoms with Crippen LogP contribution in [-0.4, -0.2) is 13.1 Å². The van der Waals surface area contributed by atoms with Crippen LogP contribution in [0.15, 0.2) is 29.8 Å². The van der Waals surface area contributed by atoms with Crippen LogP contribution in [-0.2, 0) is 0 Å². The molecule has 1 N–H and O–H groups in total. The maximum Gasteiger partial charge on any atom is 0.0411 e. The molecule has 2 rings (SSSR count). The van der Waals surface area contributed by atoms with Crippen LogP contribution in [0, 0.1) is 0 Å². The Morgan fingerprint density at radius 3 is 3.00 bits per heavy atom. The molecule has 0 amide bonds. The zero-order valence-corrected chi connectivity index (χ0v) is 8.85. The molecule has 0 bridgehead atoms. The van der Waals surface area contributed by atoms with E-state index in [0.717, 1.165) is 18.1 Å². The fourth-order valence-corrected chi connectivity index (χ4v) is 1.93. The fourth-order valence-electron chi connectivity index (χ4n) is 1.73. The third-order valence-electron chi connectivity index (χ3n) is 2.42. The number of piperidine rings is 1. The highest BCUT2D eigenvalue weighted by atomic mass is 35.5. The number of nitrogens with one attached hydrogen (secondary N) is 1. The van der Waals surface area contributed by atoms with Crippen molar-refractivity contribution in [3.05, 3.63) is 40.4 Å². The highest BCUT2D eigenvalue weighted by Crippen LogP contribution is 2.16. The minimum atomic E-state index is 0.808. The summed E-state index contributed by atoms with van der Waals surface area (Å²) in [5.41, 5.74) is 2.68. The average Bonchev–Trinajstić information content (AvgIpc) is 2.19. The van der Waals surface area contributed by atoms with Crippen molar-refractivity contribution in [2.24, 2.45) is 0 Å². The summed E-state index contributed by atoms with van der Waals surface area (Å²) in [5.74, 6) is 0. The molecule has 1 aromatic carbocycles. The molecular formula is C12H14ClN. The van der Waals surface area contributed by atoms with Gasteiger partial charge in [-0.2, -0.15) is 0 Å². The van der Waals surface area contributed by atoms with Gasteiger partial charge in [0.25, 0.3) is 0 Å². The molecule has 0 saturated carbocycles. The summed E-state index contributed by atoms with van der Waals surface area (Å²) in [6.07, 6.45) is 4.68. The number of benzene rings is 1. The van der Waals surface area contributed by atoms with Gasteiger partial charge in [-0.05, 0) is 37.1 Å². The van der Waals surface area contributed by atoms with E-state index < -0.39 is 0 Å². The van der Waals surface area contributed by atoms with E-state index in [1.165, 1.54) is 24.0 Å². The van der Waals surface area contributed by atoms with Crippen LogP contribution in [0.4, 0.5) is 0 Å². The molecular weight excluding hydrogens is 194 g/mol. The first-order valence-corrected chi connectivity index (χ1v) is 5.38. The lowest BCUT2D eigenvalue weighted by Crippen LogP contribution is -2.23. The molecule has 1 aliphatic rings. The molecule has 1 nitrogen and oxygen atoms in total. The number of halogens is 1. The van der Waals surface area contributed by atoms with Gasteiger partial charge in [0.1, 0.15) is 0 Å². The minimum absolute atomic E-state index is 0.808. The quantitative estimate of drug-likeness (QED) is 0.746. The molecule has 0 spiro atoms. The van der Waals surface area contributed by atoms with Gasteiger partial charge in [0.05, 0.1) is 0 Å². The number of hydrogen-bond donors (Lipinski definition) is 1. The summed E-state index contributed by atoms with van der Waals surface area (Å²) in [4.78, 5) is 0. The smallest absolute Gasteiger partial charge is 0.0411 e. The summed E-state index contributed by atoms with van der Waals surface area (Å²) in [5, 5.41) is 4.18. The summed E-state index contributed by atoms with van der Waals surface area (Å²) >= 11 is 5.92. The minimum Gasteiger partial charge on any atom is -0.313 e. The molecule has 14 heavy (non-hydrogen) atoms. The second-order valence-electron chi connectivity index (χ2n) is 3.64. The molecule has 2 heteroatoms. The van der Waals surface area contributed by atoms with Crippen LogP contribution >= 0.6 is 11.6 Å². The summed E-state index contributed by atoms with van der Waals surface area (Å²) in [7, 11) is 0. The second kappa shape index (κ2) is 4.63. The maximum atomic E-state index is 5.92. The van der Waals surface area contributed by atoms with Gasteiger partial charge in [-0.3, -0.25) is 0 Å². The SMILES string of the molecule is Clc1cccc(/C=C2/CCCNC2)c1. The summed E-state index contributed by atoms with van der Waals surface area (Å²) in [6.45, 7) is 2.17. The first kappa shape index (κ1) is 9.75. The third-order valence-corrected chi connectivity index (χ3v) is 2.66. The van der Waals surface area contributed by atoms with E-state index in [1.807, 2.05) is 18.2 Å². The lowest BCUT2D eigenvalue weighted by Gasteiger charge is -2.15. The molecule has 1 fully saturated rings. The van der Waals surface area contributed by atoms with Crippen molar-refractivity contribution in [1.82, 2.24) is 5.32 Å². The topological polar surface area (TPSA) is 12.0 Å². The van der Waals surface area contributed by atoms with Crippen molar-refractivity contribution in [3.8, 4) is 0 Å². The Hall–Kier alpha value is -0.790. The van der Waals surface area contributed by atoms with Gasteiger partial charge in [0.15, 0.2) is 0 Å². The zero-order chi connectivity index (χ0) is 9.80. The number of hydrogen-bond acceptors (Lipinski definition) is 1. The van der Waals surface area contributed by atoms with Crippen molar-refractivity contribution in [3.63, 3.8) is 0 Å². The van der Waals surface area contributed by atoms with Crippen LogP contribution in [0.5, 0.6) is 0 Å². The fraction of sp³-hybridized carbons (Fsp3) is 0.333. The monoisotopic (exact) mass is 207 g/mol. The second-order valence-corrected chi connectivity index (χ2v) is 4.07. The Morgan fingerprint density at radius 2 is 2.29 bits per heavy atom. The molecule has 1 saturated heterocycles. The average molecular weight is 208 g/mol. The van der Waals surface area contributed by atoms with E-state index in [0.29, 0.717) is 0 Å². The van der Waals surface area contributed by atoms with Crippen molar-refractivity contribution < 1.29 is 0 Å². The van der Waals surface area contributed by atoms with E-state index in [1.54, 1.807) is 0 Å². The van der Waals surface area contributed by atoms with Crippen LogP contribution in [0.3, 0.4) is 0 Å². The Kier molecular flexibility index (Phi) is 3.22. The van der Waals surface area contributed by atoms with Crippen LogP contribution in [0.2, 0.25) is 5.02 Å². The van der Waals surface area contributed by atoms with Crippen molar-refractivity contribution in [2.45, 2.75) is 12.8 Å². The van der Waals surface area contributed by atoms with Gasteiger partial charge in [-0.1, -0.05) is 35.4 Å². The third kappa shape index (κ3) is 2.60. The van der Waals surface area contributed by atoms with E-state index in [2.05, 4.69) is 17.5 Å². The molecule has 1 aromatic rings. The molecule has 1 heterocycles. The van der Waals surface area contributed by atoms with E-state index >= 15 is 0 Å². The predicted octanol–water partition coefficient (Wildman–Crippen LogP) is 3.11. The van der Waals surface area contributed by atoms with Crippen molar-refractivity contribution in [2.75, 3.05) is 13.1 Å². The van der Waals surface area contributed by atoms with Crippen molar-refractivity contribution in [1.29, 1.82) is 0 Å². The molecule has 74 valence electrons. The Bertz CT molecular complexity index is 336. The van der Waals surface area contributed by atoms with Gasteiger partial charge < -0.3 is 5.32 Å². The standard InChI is InChI=1S/C12H14ClN/c13-12-5-1-3-10(8-12)7-11-4-2-6-14-9-11/h1,3,5,7-8,14H,2,4,6,9H2/b11-7-. The first-order valence-electron chi connectivity index (χ1n) is 5.00. The van der Waals surface area contributed by atoms with Gasteiger partial charge in [0, 0.05) is 11.6 Å². The zero-order valence-electron chi connectivity index (χ0n) is 8.09. The van der Waals surface area contributed by atoms with Crippen LogP contribution in [0.25, 0.3) is 6.08 Å². The molecule has 0 radical (unpaired) electrons. The van der Waals surface area contributed by atoms with Gasteiger partial charge in [0.2, 0.25) is 0 Å². The Balaban J connectivity index is 2.15. The lowest BCUT2D eigenvalue weighted by atomic mass is 10.0. The summed E-state index contributed by atoms with van der Waals surface area (Å²) in [6, 6.07) is 7.99. The van der Waals surface area contributed by atoms with Gasteiger partial charge >= 0.3 is 0 Å². The van der Waals surface area contributed by atoms with Crippen LogP contribution in [0.1, 0.15) is 18.4 Å². The molecule has 0 unspecified atom stereocenters. The van der Waals surface area contributed by atoms with Crippen LogP contribution < -0.4 is 5.32 Å². The van der Waals surface area contributed by atoms with E-state index in [9.17, 15) is 0 Å². The first-order chi connectivity index (χ1) is 6.84. The lowest BCUT2D eigenvalue weighted by molar-refractivity contribution is 0.613. The highest BCUT2D eigenvalue weighted by Gasteiger charge is 2.03. The van der Waals surface area contributed by atoms with E-state index in [-0.39, 0.29) is 0 Å². The molecule has 0 atom stereocenters. The summed E-state index contributed by atoms with van der Waals surface area (Å²) < 4.78 is 0. The normalized spacial score (nSPS) is 19.9. The highest BCUT2D eigenvalue weighted by molar-refractivity contribution is 6.30. The predicted molar refractivity (Wildman–Crippen MR) is 61.5 cm³/mol. The maximum absolute atomic E-state index is 5.92. The Labute approximate surface area is 89.8 Å². The molecule has 0 aromatic heterocycles. The molecule has 1 aliphatic heterocycles. The molecule has 0 aliphatic carbocycles. The van der Waals surface area contributed by atoms with Crippen molar-refractivity contribution >= 4 is 17.7 Å². The van der Waals surface area contributed by atoms with Gasteiger partial charge in [-0.25, -0.2) is 0 Å². The number of rotatable bonds is 1.